The van der Waals surface area contributed by atoms with E-state index in [1.54, 1.807) is 0 Å². The molecule has 0 unspecified atom stereocenters. The summed E-state index contributed by atoms with van der Waals surface area (Å²) in [5, 5.41) is 0. The fraction of sp³-hybridized carbons (Fsp3) is 0.375. The van der Waals surface area contributed by atoms with Gasteiger partial charge in [-0.15, -0.1) is 0 Å². The number of aryl methyl sites for hydroxylation is 1. The van der Waals surface area contributed by atoms with E-state index in [2.05, 4.69) is 20.9 Å². The number of hydrogen-bond donors (Lipinski definition) is 1. The lowest BCUT2D eigenvalue weighted by molar-refractivity contribution is 0.808. The van der Waals surface area contributed by atoms with Crippen LogP contribution in [0.5, 0.6) is 0 Å². The first-order chi connectivity index (χ1) is 5.33. The molecule has 2 nitrogen and oxygen atoms in total. The fourth-order valence-electron chi connectivity index (χ4n) is 0.873. The van der Waals surface area contributed by atoms with E-state index in [9.17, 15) is 0 Å². The van der Waals surface area contributed by atoms with Gasteiger partial charge in [-0.3, -0.25) is 0 Å². The second-order valence-electron chi connectivity index (χ2n) is 2.34. The Morgan fingerprint density at radius 2 is 2.27 bits per heavy atom. The van der Waals surface area contributed by atoms with Crippen LogP contribution in [-0.4, -0.2) is 11.5 Å². The maximum absolute atomic E-state index is 5.37. The van der Waals surface area contributed by atoms with Gasteiger partial charge in [0.05, 0.1) is 0 Å². The van der Waals surface area contributed by atoms with Crippen molar-refractivity contribution in [1.29, 1.82) is 0 Å². The molecule has 1 aromatic heterocycles. The van der Waals surface area contributed by atoms with Gasteiger partial charge in [0.25, 0.3) is 0 Å². The van der Waals surface area contributed by atoms with E-state index < -0.39 is 0 Å². The van der Waals surface area contributed by atoms with Gasteiger partial charge in [0.2, 0.25) is 0 Å². The number of nitrogens with zero attached hydrogens (tertiary/aromatic N) is 1. The van der Waals surface area contributed by atoms with Crippen LogP contribution in [0.2, 0.25) is 0 Å². The number of pyridine rings is 1. The molecular formula is C8H11BrN2. The molecule has 0 aromatic carbocycles. The molecule has 0 aliphatic carbocycles. The number of halogens is 1. The van der Waals surface area contributed by atoms with Gasteiger partial charge in [-0.05, 0) is 47.4 Å². The summed E-state index contributed by atoms with van der Waals surface area (Å²) < 4.78 is 0.895. The van der Waals surface area contributed by atoms with Crippen molar-refractivity contribution in [2.75, 3.05) is 6.54 Å². The second kappa shape index (κ2) is 4.46. The molecule has 0 aliphatic heterocycles. The molecule has 0 atom stereocenters. The predicted molar refractivity (Wildman–Crippen MR) is 49.3 cm³/mol. The number of aromatic nitrogens is 1. The molecule has 60 valence electrons. The van der Waals surface area contributed by atoms with Crippen molar-refractivity contribution in [3.05, 3.63) is 28.5 Å². The zero-order valence-electron chi connectivity index (χ0n) is 6.26. The van der Waals surface area contributed by atoms with Crippen LogP contribution >= 0.6 is 15.9 Å². The monoisotopic (exact) mass is 214 g/mol. The molecule has 0 aliphatic rings. The maximum atomic E-state index is 5.37. The Morgan fingerprint density at radius 1 is 1.45 bits per heavy atom. The maximum Gasteiger partial charge on any atom is 0.106 e. The first-order valence-corrected chi connectivity index (χ1v) is 4.44. The summed E-state index contributed by atoms with van der Waals surface area (Å²) in [7, 11) is 0. The highest BCUT2D eigenvalue weighted by molar-refractivity contribution is 9.10. The third-order valence-corrected chi connectivity index (χ3v) is 1.85. The van der Waals surface area contributed by atoms with Crippen molar-refractivity contribution in [3.8, 4) is 0 Å². The van der Waals surface area contributed by atoms with Crippen molar-refractivity contribution < 1.29 is 0 Å². The first-order valence-electron chi connectivity index (χ1n) is 3.64. The molecule has 0 saturated heterocycles. The molecule has 0 bridgehead atoms. The molecule has 1 aromatic rings. The lowest BCUT2D eigenvalue weighted by atomic mass is 10.2. The van der Waals surface area contributed by atoms with E-state index in [1.165, 1.54) is 0 Å². The predicted octanol–water partition coefficient (Wildman–Crippen LogP) is 1.74. The summed E-state index contributed by atoms with van der Waals surface area (Å²) in [6.45, 7) is 0.730. The third kappa shape index (κ3) is 2.99. The standard InChI is InChI=1S/C8H11BrN2/c9-8-5-1-3-7(11-8)4-2-6-10/h1,3,5H,2,4,6,10H2. The summed E-state index contributed by atoms with van der Waals surface area (Å²) in [5.74, 6) is 0. The smallest absolute Gasteiger partial charge is 0.106 e. The minimum Gasteiger partial charge on any atom is -0.330 e. The van der Waals surface area contributed by atoms with E-state index in [1.807, 2.05) is 18.2 Å². The Kier molecular flexibility index (Phi) is 3.52. The number of nitrogens with two attached hydrogens (primary N) is 1. The quantitative estimate of drug-likeness (QED) is 0.780. The van der Waals surface area contributed by atoms with E-state index >= 15 is 0 Å². The molecule has 3 heteroatoms. The van der Waals surface area contributed by atoms with Crippen LogP contribution in [0.25, 0.3) is 0 Å². The summed E-state index contributed by atoms with van der Waals surface area (Å²) in [5.41, 5.74) is 6.48. The Morgan fingerprint density at radius 3 is 2.91 bits per heavy atom. The third-order valence-electron chi connectivity index (χ3n) is 1.41. The SMILES string of the molecule is NCCCc1cccc(Br)n1. The molecular weight excluding hydrogens is 204 g/mol. The highest BCUT2D eigenvalue weighted by Gasteiger charge is 1.93. The van der Waals surface area contributed by atoms with Gasteiger partial charge in [0.15, 0.2) is 0 Å². The fourth-order valence-corrected chi connectivity index (χ4v) is 1.25. The second-order valence-corrected chi connectivity index (χ2v) is 3.16. The van der Waals surface area contributed by atoms with Crippen LogP contribution < -0.4 is 5.73 Å². The topological polar surface area (TPSA) is 38.9 Å². The van der Waals surface area contributed by atoms with E-state index in [0.29, 0.717) is 0 Å². The van der Waals surface area contributed by atoms with Crippen LogP contribution in [0.4, 0.5) is 0 Å². The van der Waals surface area contributed by atoms with E-state index in [4.69, 9.17) is 5.73 Å². The van der Waals surface area contributed by atoms with Gasteiger partial charge in [0, 0.05) is 5.69 Å². The lowest BCUT2D eigenvalue weighted by Gasteiger charge is -1.97. The van der Waals surface area contributed by atoms with E-state index in [0.717, 1.165) is 29.7 Å². The van der Waals surface area contributed by atoms with Crippen LogP contribution in [0, 0.1) is 0 Å². The largest absolute Gasteiger partial charge is 0.330 e. The van der Waals surface area contributed by atoms with Crippen LogP contribution in [0.1, 0.15) is 12.1 Å². The highest BCUT2D eigenvalue weighted by Crippen LogP contribution is 2.07. The molecule has 11 heavy (non-hydrogen) atoms. The average molecular weight is 215 g/mol. The van der Waals surface area contributed by atoms with Crippen LogP contribution in [0.3, 0.4) is 0 Å². The van der Waals surface area contributed by atoms with Crippen LogP contribution in [-0.2, 0) is 6.42 Å². The summed E-state index contributed by atoms with van der Waals surface area (Å²) in [4.78, 5) is 4.27. The van der Waals surface area contributed by atoms with E-state index in [-0.39, 0.29) is 0 Å². The summed E-state index contributed by atoms with van der Waals surface area (Å²) >= 11 is 3.31. The average Bonchev–Trinajstić information content (AvgIpc) is 2.01. The van der Waals surface area contributed by atoms with Crippen molar-refractivity contribution in [2.24, 2.45) is 5.73 Å². The Labute approximate surface area is 75.0 Å². The highest BCUT2D eigenvalue weighted by atomic mass is 79.9. The zero-order valence-corrected chi connectivity index (χ0v) is 7.84. The number of hydrogen-bond acceptors (Lipinski definition) is 2. The molecule has 1 rings (SSSR count). The zero-order chi connectivity index (χ0) is 8.10. The number of rotatable bonds is 3. The van der Waals surface area contributed by atoms with Gasteiger partial charge in [-0.2, -0.15) is 0 Å². The summed E-state index contributed by atoms with van der Waals surface area (Å²) in [6, 6.07) is 5.93. The minimum absolute atomic E-state index is 0.730. The first kappa shape index (κ1) is 8.68. The Hall–Kier alpha value is -0.410. The molecule has 2 N–H and O–H groups in total. The van der Waals surface area contributed by atoms with Gasteiger partial charge >= 0.3 is 0 Å². The van der Waals surface area contributed by atoms with Crippen molar-refractivity contribution in [3.63, 3.8) is 0 Å². The molecule has 0 spiro atoms. The van der Waals surface area contributed by atoms with Gasteiger partial charge < -0.3 is 5.73 Å². The van der Waals surface area contributed by atoms with Gasteiger partial charge in [-0.25, -0.2) is 4.98 Å². The van der Waals surface area contributed by atoms with Crippen molar-refractivity contribution >= 4 is 15.9 Å². The molecule has 0 amide bonds. The Bertz CT molecular complexity index is 225. The molecule has 1 heterocycles. The molecule has 0 fully saturated rings. The minimum atomic E-state index is 0.730. The lowest BCUT2D eigenvalue weighted by Crippen LogP contribution is -2.01. The molecule has 0 radical (unpaired) electrons. The summed E-state index contributed by atoms with van der Waals surface area (Å²) in [6.07, 6.45) is 1.97. The van der Waals surface area contributed by atoms with Crippen molar-refractivity contribution in [1.82, 2.24) is 4.98 Å². The van der Waals surface area contributed by atoms with Crippen molar-refractivity contribution in [2.45, 2.75) is 12.8 Å². The normalized spacial score (nSPS) is 10.0. The molecule has 0 saturated carbocycles. The van der Waals surface area contributed by atoms with Crippen LogP contribution in [0.15, 0.2) is 22.8 Å². The van der Waals surface area contributed by atoms with Gasteiger partial charge in [-0.1, -0.05) is 6.07 Å². The van der Waals surface area contributed by atoms with Gasteiger partial charge in [0.1, 0.15) is 4.60 Å². The Balaban J connectivity index is 2.56.